The molecular formula is C53H86O12S. The fraction of sp³-hybridized carbons (Fsp3) is 0.642. The van der Waals surface area contributed by atoms with Gasteiger partial charge in [0.15, 0.2) is 6.29 Å². The molecule has 12 nitrogen and oxygen atoms in total. The molecule has 0 aromatic rings. The maximum atomic E-state index is 12.9. The number of carbonyl (C=O) groups excluding carboxylic acids is 1. The summed E-state index contributed by atoms with van der Waals surface area (Å²) in [6.45, 7) is 3.58. The van der Waals surface area contributed by atoms with Gasteiger partial charge >= 0.3 is 16.4 Å². The Hall–Kier alpha value is -3.24. The third kappa shape index (κ3) is 35.9. The van der Waals surface area contributed by atoms with Gasteiger partial charge in [0, 0.05) is 13.0 Å². The lowest BCUT2D eigenvalue weighted by molar-refractivity contribution is -0.301. The Morgan fingerprint density at radius 3 is 1.45 bits per heavy atom. The summed E-state index contributed by atoms with van der Waals surface area (Å²) < 4.78 is 59.1. The van der Waals surface area contributed by atoms with Crippen LogP contribution in [-0.4, -0.2) is 97.5 Å². The first kappa shape index (κ1) is 60.8. The first-order chi connectivity index (χ1) is 32.1. The van der Waals surface area contributed by atoms with Crippen molar-refractivity contribution >= 4 is 16.4 Å². The number of unbranched alkanes of at least 4 members (excludes halogenated alkanes) is 10. The Labute approximate surface area is 398 Å². The monoisotopic (exact) mass is 947 g/mol. The molecule has 0 aromatic heterocycles. The smallest absolute Gasteiger partial charge is 0.397 e. The summed E-state index contributed by atoms with van der Waals surface area (Å²) in [6.07, 6.45) is 51.3. The van der Waals surface area contributed by atoms with Crippen molar-refractivity contribution in [3.8, 4) is 0 Å². The second kappa shape index (κ2) is 43.1. The van der Waals surface area contributed by atoms with Crippen molar-refractivity contribution in [1.29, 1.82) is 0 Å². The second-order valence-electron chi connectivity index (χ2n) is 16.3. The highest BCUT2D eigenvalue weighted by Gasteiger charge is 2.48. The summed E-state index contributed by atoms with van der Waals surface area (Å²) in [6, 6.07) is 0. The van der Waals surface area contributed by atoms with Crippen LogP contribution in [0.3, 0.4) is 0 Å². The van der Waals surface area contributed by atoms with Gasteiger partial charge in [-0.15, -0.1) is 0 Å². The van der Waals surface area contributed by atoms with Crippen LogP contribution in [0.15, 0.2) is 109 Å². The van der Waals surface area contributed by atoms with E-state index in [-0.39, 0.29) is 19.6 Å². The standard InChI is InChI=1S/C53H86O12S/c1-3-5-7-9-11-13-15-17-19-20-21-22-23-24-25-26-27-28-29-30-32-34-36-38-40-42-49(55)63-47(45-61-43-41-39-37-35-33-31-18-16-14-12-10-8-6-4-2)46-62-53-51(57)52(65-66(58,59)60)50(56)48(44-54)64-53/h5-8,11-14,17-19,21-22,24-25,31,35,37,47-48,50-54,56-57H,3-4,9-10,15-16,20,23,26-30,32-34,36,38-46H2,1-2H3,(H,58,59,60)/b7-5-,8-6-,13-11-,14-12-,19-17-,22-21-,25-24-,31-18-,37-35-. The summed E-state index contributed by atoms with van der Waals surface area (Å²) in [4.78, 5) is 12.9. The zero-order chi connectivity index (χ0) is 48.2. The number of hydrogen-bond acceptors (Lipinski definition) is 11. The Balaban J connectivity index is 2.39. The van der Waals surface area contributed by atoms with E-state index in [1.807, 2.05) is 0 Å². The quantitative estimate of drug-likeness (QED) is 0.0198. The number of carbonyl (C=O) groups is 1. The summed E-state index contributed by atoms with van der Waals surface area (Å²) >= 11 is 0. The highest BCUT2D eigenvalue weighted by molar-refractivity contribution is 7.80. The van der Waals surface area contributed by atoms with E-state index in [0.717, 1.165) is 96.3 Å². The molecule has 0 radical (unpaired) electrons. The third-order valence-electron chi connectivity index (χ3n) is 10.4. The fourth-order valence-electron chi connectivity index (χ4n) is 6.76. The van der Waals surface area contributed by atoms with E-state index in [9.17, 15) is 33.1 Å². The zero-order valence-electron chi connectivity index (χ0n) is 40.2. The van der Waals surface area contributed by atoms with Crippen molar-refractivity contribution < 1.29 is 56.2 Å². The summed E-state index contributed by atoms with van der Waals surface area (Å²) in [5, 5.41) is 30.7. The normalized spacial score (nSPS) is 20.5. The average molecular weight is 947 g/mol. The minimum absolute atomic E-state index is 0.0118. The van der Waals surface area contributed by atoms with Gasteiger partial charge in [-0.1, -0.05) is 168 Å². The van der Waals surface area contributed by atoms with E-state index in [4.69, 9.17) is 18.9 Å². The van der Waals surface area contributed by atoms with Crippen LogP contribution in [0.25, 0.3) is 0 Å². The highest BCUT2D eigenvalue weighted by atomic mass is 32.3. The van der Waals surface area contributed by atoms with Gasteiger partial charge in [0.1, 0.15) is 30.5 Å². The number of esters is 1. The van der Waals surface area contributed by atoms with Crippen molar-refractivity contribution in [2.24, 2.45) is 0 Å². The van der Waals surface area contributed by atoms with E-state index >= 15 is 0 Å². The largest absolute Gasteiger partial charge is 0.457 e. The molecule has 1 aliphatic rings. The van der Waals surface area contributed by atoms with Gasteiger partial charge in [-0.3, -0.25) is 9.35 Å². The maximum absolute atomic E-state index is 12.9. The molecule has 1 fully saturated rings. The SMILES string of the molecule is CC/C=C\C/C=C\C/C=C\C/C=C\C/C=C\CCCCCCCCCCCC(=O)OC(COCCC/C=C\C/C=C\C/C=C\C/C=C\CC)COC1OC(CO)C(O)C(OS(=O)(=O)O)C1O. The number of ether oxygens (including phenoxy) is 4. The molecular weight excluding hydrogens is 861 g/mol. The lowest BCUT2D eigenvalue weighted by Gasteiger charge is -2.41. The topological polar surface area (TPSA) is 178 Å². The van der Waals surface area contributed by atoms with Gasteiger partial charge in [-0.25, -0.2) is 4.18 Å². The molecule has 0 aliphatic carbocycles. The van der Waals surface area contributed by atoms with Gasteiger partial charge < -0.3 is 34.3 Å². The van der Waals surface area contributed by atoms with Crippen LogP contribution in [0.1, 0.15) is 155 Å². The van der Waals surface area contributed by atoms with Crippen LogP contribution >= 0.6 is 0 Å². The summed E-state index contributed by atoms with van der Waals surface area (Å²) in [5.41, 5.74) is 0. The number of aliphatic hydroxyl groups is 3. The number of aliphatic hydroxyl groups excluding tert-OH is 3. The van der Waals surface area contributed by atoms with Crippen molar-refractivity contribution in [3.63, 3.8) is 0 Å². The molecule has 6 unspecified atom stereocenters. The van der Waals surface area contributed by atoms with Crippen molar-refractivity contribution in [1.82, 2.24) is 0 Å². The molecule has 0 saturated carbocycles. The number of rotatable bonds is 41. The fourth-order valence-corrected chi connectivity index (χ4v) is 7.27. The van der Waals surface area contributed by atoms with E-state index in [1.54, 1.807) is 0 Å². The van der Waals surface area contributed by atoms with Gasteiger partial charge in [0.25, 0.3) is 0 Å². The van der Waals surface area contributed by atoms with Crippen LogP contribution in [0.5, 0.6) is 0 Å². The van der Waals surface area contributed by atoms with Gasteiger partial charge in [-0.2, -0.15) is 8.42 Å². The first-order valence-corrected chi connectivity index (χ1v) is 26.0. The highest BCUT2D eigenvalue weighted by Crippen LogP contribution is 2.26. The predicted octanol–water partition coefficient (Wildman–Crippen LogP) is 11.2. The second-order valence-corrected chi connectivity index (χ2v) is 17.3. The molecule has 1 rings (SSSR count). The molecule has 0 amide bonds. The Bertz CT molecular complexity index is 1560. The van der Waals surface area contributed by atoms with Crippen LogP contribution in [0.4, 0.5) is 0 Å². The number of hydrogen-bond donors (Lipinski definition) is 4. The molecule has 1 heterocycles. The molecule has 0 aromatic carbocycles. The average Bonchev–Trinajstić information content (AvgIpc) is 3.29. The third-order valence-corrected chi connectivity index (χ3v) is 10.9. The summed E-state index contributed by atoms with van der Waals surface area (Å²) in [5.74, 6) is -0.430. The molecule has 376 valence electrons. The van der Waals surface area contributed by atoms with E-state index in [2.05, 4.69) is 127 Å². The minimum Gasteiger partial charge on any atom is -0.457 e. The molecule has 13 heteroatoms. The summed E-state index contributed by atoms with van der Waals surface area (Å²) in [7, 11) is -5.08. The van der Waals surface area contributed by atoms with E-state index in [1.165, 1.54) is 32.1 Å². The molecule has 4 N–H and O–H groups in total. The van der Waals surface area contributed by atoms with E-state index < -0.39 is 59.8 Å². The van der Waals surface area contributed by atoms with Crippen LogP contribution < -0.4 is 0 Å². The van der Waals surface area contributed by atoms with Crippen LogP contribution in [0, 0.1) is 0 Å². The van der Waals surface area contributed by atoms with Gasteiger partial charge in [0.05, 0.1) is 19.8 Å². The predicted molar refractivity (Wildman–Crippen MR) is 266 cm³/mol. The lowest BCUT2D eigenvalue weighted by atomic mass is 9.99. The minimum atomic E-state index is -5.08. The van der Waals surface area contributed by atoms with Gasteiger partial charge in [0.2, 0.25) is 0 Å². The Morgan fingerprint density at radius 2 is 1.00 bits per heavy atom. The molecule has 0 bridgehead atoms. The Morgan fingerprint density at radius 1 is 0.576 bits per heavy atom. The molecule has 1 aliphatic heterocycles. The first-order valence-electron chi connectivity index (χ1n) is 24.6. The van der Waals surface area contributed by atoms with Crippen molar-refractivity contribution in [2.75, 3.05) is 26.4 Å². The van der Waals surface area contributed by atoms with Crippen molar-refractivity contribution in [2.45, 2.75) is 192 Å². The van der Waals surface area contributed by atoms with E-state index in [0.29, 0.717) is 13.0 Å². The number of allylic oxidation sites excluding steroid dienone is 18. The lowest BCUT2D eigenvalue weighted by Crippen LogP contribution is -2.60. The molecule has 6 atom stereocenters. The maximum Gasteiger partial charge on any atom is 0.397 e. The Kier molecular flexibility index (Phi) is 39.7. The van der Waals surface area contributed by atoms with Crippen LogP contribution in [0.2, 0.25) is 0 Å². The zero-order valence-corrected chi connectivity index (χ0v) is 41.0. The van der Waals surface area contributed by atoms with Gasteiger partial charge in [-0.05, 0) is 89.9 Å². The van der Waals surface area contributed by atoms with Crippen molar-refractivity contribution in [3.05, 3.63) is 109 Å². The van der Waals surface area contributed by atoms with Crippen LogP contribution in [-0.2, 0) is 38.3 Å². The molecule has 66 heavy (non-hydrogen) atoms. The molecule has 0 spiro atoms. The molecule has 1 saturated heterocycles.